The van der Waals surface area contributed by atoms with Crippen molar-refractivity contribution < 1.29 is 0 Å². The third kappa shape index (κ3) is 2.82. The molecule has 7 rings (SSSR count). The van der Waals surface area contributed by atoms with Crippen molar-refractivity contribution in [1.82, 2.24) is 15.2 Å². The van der Waals surface area contributed by atoms with Gasteiger partial charge in [0.15, 0.2) is 0 Å². The van der Waals surface area contributed by atoms with Crippen LogP contribution in [0.5, 0.6) is 0 Å². The van der Waals surface area contributed by atoms with Gasteiger partial charge in [0.05, 0.1) is 17.1 Å². The summed E-state index contributed by atoms with van der Waals surface area (Å²) in [6.45, 7) is 10.1. The molecule has 6 heteroatoms. The number of anilines is 2. The molecule has 166 valence electrons. The minimum Gasteiger partial charge on any atom is -0.370 e. The molecule has 5 heterocycles. The van der Waals surface area contributed by atoms with Crippen molar-refractivity contribution in [3.63, 3.8) is 0 Å². The van der Waals surface area contributed by atoms with Crippen LogP contribution in [0.4, 0.5) is 11.4 Å². The first-order chi connectivity index (χ1) is 16.1. The number of aromatic nitrogens is 1. The van der Waals surface area contributed by atoms with Crippen LogP contribution in [0.2, 0.25) is 0 Å². The van der Waals surface area contributed by atoms with Gasteiger partial charge in [-0.1, -0.05) is 6.07 Å². The second-order valence-electron chi connectivity index (χ2n) is 10.4. The van der Waals surface area contributed by atoms with Crippen molar-refractivity contribution in [3.8, 4) is 6.07 Å². The van der Waals surface area contributed by atoms with Gasteiger partial charge in [-0.25, -0.2) is 0 Å². The minimum absolute atomic E-state index is 0.402. The lowest BCUT2D eigenvalue weighted by Gasteiger charge is -2.57. The molecule has 4 aliphatic heterocycles. The van der Waals surface area contributed by atoms with E-state index in [0.717, 1.165) is 30.5 Å². The number of nitrogens with one attached hydrogen (secondary N) is 1. The molecule has 33 heavy (non-hydrogen) atoms. The van der Waals surface area contributed by atoms with Gasteiger partial charge in [-0.05, 0) is 54.4 Å². The summed E-state index contributed by atoms with van der Waals surface area (Å²) in [5.41, 5.74) is 7.54. The molecule has 4 aliphatic rings. The molecule has 3 saturated heterocycles. The molecular formula is C27H28N6. The quantitative estimate of drug-likeness (QED) is 0.665. The molecule has 0 amide bonds. The number of hydrogen-bond donors (Lipinski definition) is 1. The molecule has 0 bridgehead atoms. The van der Waals surface area contributed by atoms with E-state index in [4.69, 9.17) is 0 Å². The first kappa shape index (κ1) is 19.3. The van der Waals surface area contributed by atoms with Crippen LogP contribution in [0, 0.1) is 16.7 Å². The molecule has 0 radical (unpaired) electrons. The molecule has 1 aromatic heterocycles. The molecule has 2 aromatic carbocycles. The van der Waals surface area contributed by atoms with E-state index in [-0.39, 0.29) is 0 Å². The summed E-state index contributed by atoms with van der Waals surface area (Å²) >= 11 is 0. The van der Waals surface area contributed by atoms with Crippen LogP contribution in [0.15, 0.2) is 48.7 Å². The number of hydrogen-bond acceptors (Lipinski definition) is 6. The van der Waals surface area contributed by atoms with Crippen molar-refractivity contribution in [2.45, 2.75) is 25.6 Å². The zero-order chi connectivity index (χ0) is 22.2. The zero-order valence-corrected chi connectivity index (χ0v) is 19.0. The number of benzene rings is 2. The SMILES string of the molecule is CC1CN(c2ccc(C#N)c3ncccc23)CC2c3ccc(N4CC5(CNC5)C4)cc3CN12. The van der Waals surface area contributed by atoms with Crippen LogP contribution in [-0.4, -0.2) is 55.2 Å². The maximum atomic E-state index is 9.52. The standard InChI is InChI=1S/C27H28N6/c1-18-11-31(24-7-4-19(10-28)26-23(24)3-2-8-30-26)13-25-22-6-5-21(9-20(22)12-33(18)25)32-16-27(17-32)14-29-15-27/h2-9,18,25,29H,11-17H2,1H3. The average molecular weight is 437 g/mol. The normalized spacial score (nSPS) is 25.3. The van der Waals surface area contributed by atoms with E-state index in [1.54, 1.807) is 6.20 Å². The van der Waals surface area contributed by atoms with Crippen molar-refractivity contribution in [3.05, 3.63) is 65.4 Å². The van der Waals surface area contributed by atoms with E-state index < -0.39 is 0 Å². The van der Waals surface area contributed by atoms with Gasteiger partial charge in [0.25, 0.3) is 0 Å². The van der Waals surface area contributed by atoms with Gasteiger partial charge in [0.2, 0.25) is 0 Å². The third-order valence-electron chi connectivity index (χ3n) is 8.31. The van der Waals surface area contributed by atoms with Crippen LogP contribution >= 0.6 is 0 Å². The summed E-state index contributed by atoms with van der Waals surface area (Å²) in [6.07, 6.45) is 1.78. The molecule has 0 aliphatic carbocycles. The fourth-order valence-corrected chi connectivity index (χ4v) is 6.48. The number of pyridine rings is 1. The maximum absolute atomic E-state index is 9.52. The van der Waals surface area contributed by atoms with Gasteiger partial charge >= 0.3 is 0 Å². The van der Waals surface area contributed by atoms with Crippen molar-refractivity contribution in [2.24, 2.45) is 5.41 Å². The fourth-order valence-electron chi connectivity index (χ4n) is 6.48. The summed E-state index contributed by atoms with van der Waals surface area (Å²) in [5, 5.41) is 14.0. The zero-order valence-electron chi connectivity index (χ0n) is 19.0. The lowest BCUT2D eigenvalue weighted by atomic mass is 9.74. The number of nitriles is 1. The first-order valence-corrected chi connectivity index (χ1v) is 12.0. The Kier molecular flexibility index (Phi) is 4.06. The molecule has 2 atom stereocenters. The lowest BCUT2D eigenvalue weighted by Crippen LogP contribution is -2.71. The predicted molar refractivity (Wildman–Crippen MR) is 130 cm³/mol. The lowest BCUT2D eigenvalue weighted by molar-refractivity contribution is 0.121. The molecule has 1 spiro atoms. The molecule has 2 unspecified atom stereocenters. The molecule has 3 aromatic rings. The Balaban J connectivity index is 1.19. The molecule has 1 N–H and O–H groups in total. The fraction of sp³-hybridized carbons (Fsp3) is 0.407. The topological polar surface area (TPSA) is 58.4 Å². The van der Waals surface area contributed by atoms with Crippen molar-refractivity contribution >= 4 is 22.3 Å². The van der Waals surface area contributed by atoms with Gasteiger partial charge in [0, 0.05) is 80.2 Å². The van der Waals surface area contributed by atoms with E-state index in [9.17, 15) is 5.26 Å². The largest absolute Gasteiger partial charge is 0.370 e. The van der Waals surface area contributed by atoms with Crippen LogP contribution in [0.25, 0.3) is 10.9 Å². The number of nitrogens with zero attached hydrogens (tertiary/aromatic N) is 5. The molecular weight excluding hydrogens is 408 g/mol. The van der Waals surface area contributed by atoms with Crippen LogP contribution in [0.1, 0.15) is 29.7 Å². The highest BCUT2D eigenvalue weighted by atomic mass is 15.3. The van der Waals surface area contributed by atoms with Crippen LogP contribution < -0.4 is 15.1 Å². The average Bonchev–Trinajstić information content (AvgIpc) is 3.15. The summed E-state index contributed by atoms with van der Waals surface area (Å²) in [6, 6.07) is 18.4. The summed E-state index contributed by atoms with van der Waals surface area (Å²) in [7, 11) is 0. The van der Waals surface area contributed by atoms with Crippen molar-refractivity contribution in [2.75, 3.05) is 49.1 Å². The Morgan fingerprint density at radius 3 is 2.76 bits per heavy atom. The molecule has 6 nitrogen and oxygen atoms in total. The monoisotopic (exact) mass is 436 g/mol. The van der Waals surface area contributed by atoms with Crippen molar-refractivity contribution in [1.29, 1.82) is 5.26 Å². The second kappa shape index (κ2) is 6.93. The highest BCUT2D eigenvalue weighted by Crippen LogP contribution is 2.44. The summed E-state index contributed by atoms with van der Waals surface area (Å²) in [4.78, 5) is 12.2. The first-order valence-electron chi connectivity index (χ1n) is 12.0. The van der Waals surface area contributed by atoms with E-state index in [0.29, 0.717) is 23.1 Å². The Morgan fingerprint density at radius 2 is 1.97 bits per heavy atom. The third-order valence-corrected chi connectivity index (χ3v) is 8.31. The van der Waals surface area contributed by atoms with Gasteiger partial charge < -0.3 is 15.1 Å². The van der Waals surface area contributed by atoms with Gasteiger partial charge in [-0.3, -0.25) is 9.88 Å². The highest BCUT2D eigenvalue weighted by molar-refractivity contribution is 5.95. The summed E-state index contributed by atoms with van der Waals surface area (Å²) in [5.74, 6) is 0. The molecule has 0 saturated carbocycles. The van der Waals surface area contributed by atoms with Gasteiger partial charge in [-0.2, -0.15) is 5.26 Å². The van der Waals surface area contributed by atoms with Crippen LogP contribution in [-0.2, 0) is 6.54 Å². The van der Waals surface area contributed by atoms with Gasteiger partial charge in [0.1, 0.15) is 6.07 Å². The van der Waals surface area contributed by atoms with E-state index in [1.165, 1.54) is 48.7 Å². The number of rotatable bonds is 2. The highest BCUT2D eigenvalue weighted by Gasteiger charge is 2.48. The van der Waals surface area contributed by atoms with E-state index in [1.807, 2.05) is 12.1 Å². The summed E-state index contributed by atoms with van der Waals surface area (Å²) < 4.78 is 0. The number of fused-ring (bicyclic) bond motifs is 4. The predicted octanol–water partition coefficient (Wildman–Crippen LogP) is 3.28. The van der Waals surface area contributed by atoms with Gasteiger partial charge in [-0.15, -0.1) is 0 Å². The minimum atomic E-state index is 0.402. The maximum Gasteiger partial charge on any atom is 0.101 e. The second-order valence-corrected chi connectivity index (χ2v) is 10.4. The van der Waals surface area contributed by atoms with E-state index in [2.05, 4.69) is 68.3 Å². The Labute approximate surface area is 194 Å². The Morgan fingerprint density at radius 1 is 1.09 bits per heavy atom. The Bertz CT molecular complexity index is 1300. The van der Waals surface area contributed by atoms with Crippen LogP contribution in [0.3, 0.4) is 0 Å². The molecule has 3 fully saturated rings. The smallest absolute Gasteiger partial charge is 0.101 e. The number of piperazine rings is 1. The van der Waals surface area contributed by atoms with E-state index >= 15 is 0 Å². The Hall–Kier alpha value is -3.14.